The van der Waals surface area contributed by atoms with E-state index in [1.807, 2.05) is 28.6 Å². The van der Waals surface area contributed by atoms with Gasteiger partial charge in [-0.15, -0.1) is 0 Å². The summed E-state index contributed by atoms with van der Waals surface area (Å²) in [5.41, 5.74) is 3.07. The number of hydrogen-bond donors (Lipinski definition) is 0. The van der Waals surface area contributed by atoms with Crippen LogP contribution in [0, 0.1) is 5.82 Å². The summed E-state index contributed by atoms with van der Waals surface area (Å²) in [6.45, 7) is 5.01. The van der Waals surface area contributed by atoms with Crippen LogP contribution in [-0.4, -0.2) is 10.8 Å². The Kier molecular flexibility index (Phi) is 4.30. The summed E-state index contributed by atoms with van der Waals surface area (Å²) in [7, 11) is -1.25. The highest BCUT2D eigenvalue weighted by atomic mass is 32.2. The Morgan fingerprint density at radius 1 is 1.14 bits per heavy atom. The first-order valence-electron chi connectivity index (χ1n) is 7.64. The number of benzene rings is 2. The van der Waals surface area contributed by atoms with E-state index in [-0.39, 0.29) is 5.82 Å². The number of nitrogens with zero attached hydrogens (tertiary/aromatic N) is 1. The number of halogens is 1. The number of aryl methyl sites for hydroxylation is 1. The van der Waals surface area contributed by atoms with E-state index in [0.29, 0.717) is 5.92 Å². The molecule has 22 heavy (non-hydrogen) atoms. The largest absolute Gasteiger partial charge is 0.287 e. The average Bonchev–Trinajstić information content (AvgIpc) is 2.53. The molecule has 0 aliphatic carbocycles. The second kappa shape index (κ2) is 6.21. The molecule has 0 N–H and O–H groups in total. The first kappa shape index (κ1) is 15.2. The number of rotatable bonds is 3. The Labute approximate surface area is 133 Å². The monoisotopic (exact) mass is 317 g/mol. The molecule has 116 valence electrons. The van der Waals surface area contributed by atoms with Crippen molar-refractivity contribution in [3.05, 3.63) is 59.4 Å². The fourth-order valence-electron chi connectivity index (χ4n) is 2.80. The normalized spacial score (nSPS) is 15.7. The van der Waals surface area contributed by atoms with E-state index >= 15 is 0 Å². The first-order chi connectivity index (χ1) is 10.6. The van der Waals surface area contributed by atoms with Crippen LogP contribution in [0.2, 0.25) is 0 Å². The van der Waals surface area contributed by atoms with Gasteiger partial charge >= 0.3 is 0 Å². The zero-order valence-corrected chi connectivity index (χ0v) is 13.7. The first-order valence-corrected chi connectivity index (χ1v) is 8.75. The topological polar surface area (TPSA) is 20.3 Å². The Bertz CT molecular complexity index is 697. The van der Waals surface area contributed by atoms with Gasteiger partial charge in [0, 0.05) is 6.54 Å². The van der Waals surface area contributed by atoms with E-state index < -0.39 is 11.0 Å². The Balaban J connectivity index is 1.90. The number of anilines is 1. The molecular weight excluding hydrogens is 297 g/mol. The van der Waals surface area contributed by atoms with Gasteiger partial charge in [-0.25, -0.2) is 8.60 Å². The van der Waals surface area contributed by atoms with Crippen molar-refractivity contribution in [2.75, 3.05) is 10.8 Å². The second-order valence-corrected chi connectivity index (χ2v) is 7.36. The molecular formula is C18H20FNOS. The van der Waals surface area contributed by atoms with Crippen molar-refractivity contribution < 1.29 is 8.60 Å². The fraction of sp³-hybridized carbons (Fsp3) is 0.333. The molecule has 0 spiro atoms. The highest BCUT2D eigenvalue weighted by Gasteiger charge is 2.23. The van der Waals surface area contributed by atoms with E-state index in [1.54, 1.807) is 12.1 Å². The smallest absolute Gasteiger partial charge is 0.152 e. The minimum Gasteiger partial charge on any atom is -0.287 e. The van der Waals surface area contributed by atoms with Gasteiger partial charge < -0.3 is 0 Å². The van der Waals surface area contributed by atoms with Crippen LogP contribution in [0.4, 0.5) is 10.1 Å². The predicted molar refractivity (Wildman–Crippen MR) is 89.0 cm³/mol. The van der Waals surface area contributed by atoms with Crippen LogP contribution in [0.15, 0.2) is 47.4 Å². The highest BCUT2D eigenvalue weighted by Crippen LogP contribution is 2.31. The molecule has 1 aliphatic heterocycles. The lowest BCUT2D eigenvalue weighted by Gasteiger charge is -2.30. The van der Waals surface area contributed by atoms with Crippen LogP contribution in [0.25, 0.3) is 0 Å². The van der Waals surface area contributed by atoms with Crippen molar-refractivity contribution in [3.8, 4) is 0 Å². The molecule has 0 saturated heterocycles. The van der Waals surface area contributed by atoms with Gasteiger partial charge in [-0.2, -0.15) is 0 Å². The molecule has 2 nitrogen and oxygen atoms in total. The van der Waals surface area contributed by atoms with Gasteiger partial charge in [0.25, 0.3) is 0 Å². The third kappa shape index (κ3) is 2.93. The molecule has 2 aromatic rings. The summed E-state index contributed by atoms with van der Waals surface area (Å²) in [6.07, 6.45) is 1.74. The van der Waals surface area contributed by atoms with E-state index in [0.717, 1.165) is 35.5 Å². The van der Waals surface area contributed by atoms with Gasteiger partial charge in [0.05, 0.1) is 10.6 Å². The molecule has 1 aliphatic rings. The predicted octanol–water partition coefficient (Wildman–Crippen LogP) is 4.42. The van der Waals surface area contributed by atoms with Gasteiger partial charge in [0.1, 0.15) is 5.82 Å². The SMILES string of the molecule is CC(C)c1ccc(S(=O)N2CCCc3cc(F)ccc32)cc1. The lowest BCUT2D eigenvalue weighted by molar-refractivity contribution is 0.622. The fourth-order valence-corrected chi connectivity index (χ4v) is 4.07. The molecule has 0 radical (unpaired) electrons. The molecule has 0 amide bonds. The maximum absolute atomic E-state index is 13.4. The maximum Gasteiger partial charge on any atom is 0.152 e. The second-order valence-electron chi connectivity index (χ2n) is 5.95. The van der Waals surface area contributed by atoms with Crippen LogP contribution < -0.4 is 4.31 Å². The highest BCUT2D eigenvalue weighted by molar-refractivity contribution is 7.86. The Morgan fingerprint density at radius 2 is 1.86 bits per heavy atom. The van der Waals surface area contributed by atoms with Crippen molar-refractivity contribution in [1.29, 1.82) is 0 Å². The molecule has 0 saturated carbocycles. The maximum atomic E-state index is 13.4. The van der Waals surface area contributed by atoms with Crippen molar-refractivity contribution in [2.24, 2.45) is 0 Å². The third-order valence-corrected chi connectivity index (χ3v) is 5.52. The van der Waals surface area contributed by atoms with Gasteiger partial charge in [-0.05, 0) is 60.2 Å². The summed E-state index contributed by atoms with van der Waals surface area (Å²) >= 11 is 0. The van der Waals surface area contributed by atoms with E-state index in [9.17, 15) is 8.60 Å². The lowest BCUT2D eigenvalue weighted by Crippen LogP contribution is -2.31. The molecule has 0 aromatic heterocycles. The number of hydrogen-bond acceptors (Lipinski definition) is 1. The van der Waals surface area contributed by atoms with Crippen molar-refractivity contribution in [1.82, 2.24) is 0 Å². The Morgan fingerprint density at radius 3 is 2.55 bits per heavy atom. The van der Waals surface area contributed by atoms with E-state index in [1.165, 1.54) is 11.6 Å². The van der Waals surface area contributed by atoms with Crippen LogP contribution in [0.1, 0.15) is 37.3 Å². The third-order valence-electron chi connectivity index (χ3n) is 4.07. The summed E-state index contributed by atoms with van der Waals surface area (Å²) in [5, 5.41) is 0. The van der Waals surface area contributed by atoms with Gasteiger partial charge in [0.2, 0.25) is 0 Å². The van der Waals surface area contributed by atoms with Gasteiger partial charge in [0.15, 0.2) is 11.0 Å². The zero-order chi connectivity index (χ0) is 15.7. The average molecular weight is 317 g/mol. The van der Waals surface area contributed by atoms with E-state index in [2.05, 4.69) is 13.8 Å². The summed E-state index contributed by atoms with van der Waals surface area (Å²) in [5.74, 6) is 0.230. The molecule has 0 bridgehead atoms. The minimum absolute atomic E-state index is 0.229. The standard InChI is InChI=1S/C18H20FNOS/c1-13(2)14-5-8-17(9-6-14)22(21)20-11-3-4-15-12-16(19)7-10-18(15)20/h5-10,12-13H,3-4,11H2,1-2H3. The molecule has 0 fully saturated rings. The van der Waals surface area contributed by atoms with Crippen molar-refractivity contribution in [2.45, 2.75) is 37.5 Å². The number of fused-ring (bicyclic) bond motifs is 1. The molecule has 1 atom stereocenters. The molecule has 3 rings (SSSR count). The van der Waals surface area contributed by atoms with Crippen LogP contribution in [0.3, 0.4) is 0 Å². The van der Waals surface area contributed by atoms with Crippen molar-refractivity contribution >= 4 is 16.7 Å². The molecule has 4 heteroatoms. The lowest BCUT2D eigenvalue weighted by atomic mass is 10.0. The van der Waals surface area contributed by atoms with Crippen LogP contribution in [0.5, 0.6) is 0 Å². The molecule has 1 heterocycles. The van der Waals surface area contributed by atoms with Crippen LogP contribution >= 0.6 is 0 Å². The Hall–Kier alpha value is -1.68. The summed E-state index contributed by atoms with van der Waals surface area (Å²) in [6, 6.07) is 12.7. The summed E-state index contributed by atoms with van der Waals surface area (Å²) in [4.78, 5) is 0.793. The zero-order valence-electron chi connectivity index (χ0n) is 12.9. The van der Waals surface area contributed by atoms with Crippen molar-refractivity contribution in [3.63, 3.8) is 0 Å². The molecule has 1 unspecified atom stereocenters. The minimum atomic E-state index is -1.25. The van der Waals surface area contributed by atoms with Gasteiger partial charge in [-0.1, -0.05) is 26.0 Å². The quantitative estimate of drug-likeness (QED) is 0.820. The summed E-state index contributed by atoms with van der Waals surface area (Å²) < 4.78 is 28.1. The van der Waals surface area contributed by atoms with E-state index in [4.69, 9.17) is 0 Å². The van der Waals surface area contributed by atoms with Gasteiger partial charge in [-0.3, -0.25) is 4.31 Å². The molecule has 2 aromatic carbocycles. The van der Waals surface area contributed by atoms with Crippen LogP contribution in [-0.2, 0) is 17.4 Å².